The molecule has 5 heteroatoms. The Balaban J connectivity index is 2.71. The van der Waals surface area contributed by atoms with Gasteiger partial charge < -0.3 is 20.9 Å². The number of rotatable bonds is 6. The molecule has 0 aromatic heterocycles. The van der Waals surface area contributed by atoms with Crippen LogP contribution in [0.5, 0.6) is 11.5 Å². The standard InChI is InChI=1S/C11H16N2O3/c1-15-9-3-2-8(7-12)6-10(9)16-5-4-11(13)14/h2-3,6H,4-5,7,12H2,1H3,(H2,13,14). The molecule has 0 aliphatic rings. The van der Waals surface area contributed by atoms with E-state index in [-0.39, 0.29) is 13.0 Å². The molecule has 88 valence electrons. The van der Waals surface area contributed by atoms with E-state index >= 15 is 0 Å². The van der Waals surface area contributed by atoms with Gasteiger partial charge in [0.2, 0.25) is 5.91 Å². The smallest absolute Gasteiger partial charge is 0.220 e. The summed E-state index contributed by atoms with van der Waals surface area (Å²) < 4.78 is 10.5. The molecule has 0 atom stereocenters. The lowest BCUT2D eigenvalue weighted by atomic mass is 10.2. The van der Waals surface area contributed by atoms with Crippen molar-refractivity contribution >= 4 is 5.91 Å². The van der Waals surface area contributed by atoms with Crippen LogP contribution in [0.3, 0.4) is 0 Å². The SMILES string of the molecule is COc1ccc(CN)cc1OCCC(N)=O. The van der Waals surface area contributed by atoms with Crippen LogP contribution in [0, 0.1) is 0 Å². The van der Waals surface area contributed by atoms with E-state index in [0.29, 0.717) is 18.0 Å². The minimum Gasteiger partial charge on any atom is -0.493 e. The van der Waals surface area contributed by atoms with Crippen LogP contribution in [0.2, 0.25) is 0 Å². The maximum Gasteiger partial charge on any atom is 0.220 e. The van der Waals surface area contributed by atoms with Crippen molar-refractivity contribution in [1.29, 1.82) is 0 Å². The molecule has 16 heavy (non-hydrogen) atoms. The van der Waals surface area contributed by atoms with Crippen LogP contribution in [-0.2, 0) is 11.3 Å². The zero-order valence-electron chi connectivity index (χ0n) is 9.23. The largest absolute Gasteiger partial charge is 0.493 e. The number of methoxy groups -OCH3 is 1. The van der Waals surface area contributed by atoms with Crippen molar-refractivity contribution < 1.29 is 14.3 Å². The molecule has 0 aliphatic heterocycles. The van der Waals surface area contributed by atoms with Crippen LogP contribution in [-0.4, -0.2) is 19.6 Å². The number of ether oxygens (including phenoxy) is 2. The topological polar surface area (TPSA) is 87.6 Å². The van der Waals surface area contributed by atoms with Gasteiger partial charge in [-0.1, -0.05) is 6.07 Å². The van der Waals surface area contributed by atoms with E-state index in [9.17, 15) is 4.79 Å². The van der Waals surface area contributed by atoms with E-state index in [1.807, 2.05) is 6.07 Å². The highest BCUT2D eigenvalue weighted by Gasteiger charge is 2.05. The van der Waals surface area contributed by atoms with Gasteiger partial charge in [-0.15, -0.1) is 0 Å². The second-order valence-corrected chi connectivity index (χ2v) is 3.25. The lowest BCUT2D eigenvalue weighted by molar-refractivity contribution is -0.118. The zero-order valence-corrected chi connectivity index (χ0v) is 9.23. The number of carbonyl (C=O) groups is 1. The maximum atomic E-state index is 10.6. The van der Waals surface area contributed by atoms with Gasteiger partial charge in [-0.3, -0.25) is 4.79 Å². The Labute approximate surface area is 94.3 Å². The summed E-state index contributed by atoms with van der Waals surface area (Å²) in [6.07, 6.45) is 0.177. The van der Waals surface area contributed by atoms with Gasteiger partial charge in [0.1, 0.15) is 0 Å². The first kappa shape index (κ1) is 12.3. The maximum absolute atomic E-state index is 10.6. The van der Waals surface area contributed by atoms with Crippen molar-refractivity contribution in [3.05, 3.63) is 23.8 Å². The fourth-order valence-electron chi connectivity index (χ4n) is 1.22. The monoisotopic (exact) mass is 224 g/mol. The minimum absolute atomic E-state index is 0.177. The van der Waals surface area contributed by atoms with E-state index in [2.05, 4.69) is 0 Å². The highest BCUT2D eigenvalue weighted by molar-refractivity contribution is 5.73. The zero-order chi connectivity index (χ0) is 12.0. The van der Waals surface area contributed by atoms with Crippen molar-refractivity contribution in [2.75, 3.05) is 13.7 Å². The quantitative estimate of drug-likeness (QED) is 0.732. The van der Waals surface area contributed by atoms with Crippen LogP contribution in [0.15, 0.2) is 18.2 Å². The molecule has 1 aromatic carbocycles. The highest BCUT2D eigenvalue weighted by atomic mass is 16.5. The van der Waals surface area contributed by atoms with Gasteiger partial charge in [0.05, 0.1) is 20.1 Å². The molecule has 0 heterocycles. The van der Waals surface area contributed by atoms with E-state index in [0.717, 1.165) is 5.56 Å². The van der Waals surface area contributed by atoms with Crippen LogP contribution >= 0.6 is 0 Å². The fourth-order valence-corrected chi connectivity index (χ4v) is 1.22. The Morgan fingerprint density at radius 3 is 2.69 bits per heavy atom. The van der Waals surface area contributed by atoms with Crippen LogP contribution in [0.25, 0.3) is 0 Å². The molecular formula is C11H16N2O3. The predicted molar refractivity (Wildman–Crippen MR) is 60.2 cm³/mol. The van der Waals surface area contributed by atoms with Gasteiger partial charge in [0.25, 0.3) is 0 Å². The Morgan fingerprint density at radius 1 is 1.38 bits per heavy atom. The summed E-state index contributed by atoms with van der Waals surface area (Å²) in [4.78, 5) is 10.6. The van der Waals surface area contributed by atoms with Gasteiger partial charge in [-0.05, 0) is 17.7 Å². The van der Waals surface area contributed by atoms with Crippen molar-refractivity contribution in [2.24, 2.45) is 11.5 Å². The predicted octanol–water partition coefficient (Wildman–Crippen LogP) is 0.408. The molecule has 4 N–H and O–H groups in total. The Hall–Kier alpha value is -1.75. The number of primary amides is 1. The number of hydrogen-bond acceptors (Lipinski definition) is 4. The fraction of sp³-hybridized carbons (Fsp3) is 0.364. The summed E-state index contributed by atoms with van der Waals surface area (Å²) in [5.74, 6) is 0.794. The van der Waals surface area contributed by atoms with Crippen LogP contribution in [0.1, 0.15) is 12.0 Å². The number of hydrogen-bond donors (Lipinski definition) is 2. The third-order valence-electron chi connectivity index (χ3n) is 2.07. The van der Waals surface area contributed by atoms with E-state index in [4.69, 9.17) is 20.9 Å². The number of nitrogens with two attached hydrogens (primary N) is 2. The molecule has 1 aromatic rings. The highest BCUT2D eigenvalue weighted by Crippen LogP contribution is 2.27. The first-order valence-corrected chi connectivity index (χ1v) is 4.95. The number of benzene rings is 1. The van der Waals surface area contributed by atoms with Crippen LogP contribution < -0.4 is 20.9 Å². The molecule has 0 fully saturated rings. The molecular weight excluding hydrogens is 208 g/mol. The Bertz CT molecular complexity index is 366. The van der Waals surface area contributed by atoms with Gasteiger partial charge in [0, 0.05) is 6.54 Å². The molecule has 0 unspecified atom stereocenters. The second kappa shape index (κ2) is 5.97. The molecule has 0 radical (unpaired) electrons. The summed E-state index contributed by atoms with van der Waals surface area (Å²) in [6.45, 7) is 0.663. The average molecular weight is 224 g/mol. The van der Waals surface area contributed by atoms with Crippen molar-refractivity contribution in [3.8, 4) is 11.5 Å². The summed E-state index contributed by atoms with van der Waals surface area (Å²) >= 11 is 0. The van der Waals surface area contributed by atoms with Gasteiger partial charge in [0.15, 0.2) is 11.5 Å². The second-order valence-electron chi connectivity index (χ2n) is 3.25. The minimum atomic E-state index is -0.394. The molecule has 0 aliphatic carbocycles. The van der Waals surface area contributed by atoms with Crippen molar-refractivity contribution in [2.45, 2.75) is 13.0 Å². The summed E-state index contributed by atoms with van der Waals surface area (Å²) in [5, 5.41) is 0. The van der Waals surface area contributed by atoms with Gasteiger partial charge >= 0.3 is 0 Å². The lowest BCUT2D eigenvalue weighted by Gasteiger charge is -2.11. The lowest BCUT2D eigenvalue weighted by Crippen LogP contribution is -2.14. The Morgan fingerprint density at radius 2 is 2.12 bits per heavy atom. The summed E-state index contributed by atoms with van der Waals surface area (Å²) in [5.41, 5.74) is 11.5. The molecule has 0 bridgehead atoms. The molecule has 0 spiro atoms. The normalized spacial score (nSPS) is 9.88. The molecule has 5 nitrogen and oxygen atoms in total. The van der Waals surface area contributed by atoms with E-state index in [1.165, 1.54) is 0 Å². The van der Waals surface area contributed by atoms with Gasteiger partial charge in [-0.2, -0.15) is 0 Å². The van der Waals surface area contributed by atoms with Crippen molar-refractivity contribution in [1.82, 2.24) is 0 Å². The van der Waals surface area contributed by atoms with Gasteiger partial charge in [-0.25, -0.2) is 0 Å². The summed E-state index contributed by atoms with van der Waals surface area (Å²) in [6, 6.07) is 5.43. The first-order chi connectivity index (χ1) is 7.67. The van der Waals surface area contributed by atoms with E-state index < -0.39 is 5.91 Å². The van der Waals surface area contributed by atoms with Crippen molar-refractivity contribution in [3.63, 3.8) is 0 Å². The van der Waals surface area contributed by atoms with E-state index in [1.54, 1.807) is 19.2 Å². The first-order valence-electron chi connectivity index (χ1n) is 4.95. The number of carbonyl (C=O) groups excluding carboxylic acids is 1. The Kier molecular flexibility index (Phi) is 4.60. The molecule has 0 saturated carbocycles. The van der Waals surface area contributed by atoms with Crippen LogP contribution in [0.4, 0.5) is 0 Å². The molecule has 1 rings (SSSR count). The average Bonchev–Trinajstić information content (AvgIpc) is 2.28. The molecule has 1 amide bonds. The number of amides is 1. The molecule has 0 saturated heterocycles. The third kappa shape index (κ3) is 3.43. The third-order valence-corrected chi connectivity index (χ3v) is 2.07. The summed E-state index contributed by atoms with van der Waals surface area (Å²) in [7, 11) is 1.55.